The first-order chi connectivity index (χ1) is 7.70. The van der Waals surface area contributed by atoms with Crippen LogP contribution in [-0.4, -0.2) is 21.8 Å². The maximum atomic E-state index is 6.04. The molecule has 0 amide bonds. The van der Waals surface area contributed by atoms with Crippen LogP contribution in [0.3, 0.4) is 0 Å². The molecule has 16 heavy (non-hydrogen) atoms. The Kier molecular flexibility index (Phi) is 3.22. The van der Waals surface area contributed by atoms with Crippen LogP contribution < -0.4 is 5.32 Å². The standard InChI is InChI=1S/C11H13ClN4/c1-8-5-14-16(7-8)11-4-3-9(12)10(15-11)6-13-2/h3-5,7,13H,6H2,1-2H3. The highest BCUT2D eigenvalue weighted by molar-refractivity contribution is 6.31. The monoisotopic (exact) mass is 236 g/mol. The lowest BCUT2D eigenvalue weighted by atomic mass is 10.3. The summed E-state index contributed by atoms with van der Waals surface area (Å²) in [7, 11) is 1.86. The largest absolute Gasteiger partial charge is 0.314 e. The van der Waals surface area contributed by atoms with Crippen molar-refractivity contribution < 1.29 is 0 Å². The Morgan fingerprint density at radius 2 is 2.25 bits per heavy atom. The van der Waals surface area contributed by atoms with Crippen molar-refractivity contribution in [3.63, 3.8) is 0 Å². The molecule has 0 bridgehead atoms. The summed E-state index contributed by atoms with van der Waals surface area (Å²) in [6.45, 7) is 2.64. The number of aryl methyl sites for hydroxylation is 1. The highest BCUT2D eigenvalue weighted by atomic mass is 35.5. The SMILES string of the molecule is CNCc1nc(-n2cc(C)cn2)ccc1Cl. The summed E-state index contributed by atoms with van der Waals surface area (Å²) >= 11 is 6.04. The van der Waals surface area contributed by atoms with Gasteiger partial charge in [-0.3, -0.25) is 0 Å². The second-order valence-corrected chi connectivity index (χ2v) is 4.00. The minimum Gasteiger partial charge on any atom is -0.314 e. The van der Waals surface area contributed by atoms with Crippen molar-refractivity contribution in [2.45, 2.75) is 13.5 Å². The molecule has 2 rings (SSSR count). The van der Waals surface area contributed by atoms with Crippen LogP contribution in [0.1, 0.15) is 11.3 Å². The van der Waals surface area contributed by atoms with E-state index in [1.54, 1.807) is 10.9 Å². The molecule has 0 aliphatic carbocycles. The highest BCUT2D eigenvalue weighted by Crippen LogP contribution is 2.16. The number of aromatic nitrogens is 3. The smallest absolute Gasteiger partial charge is 0.153 e. The fourth-order valence-electron chi connectivity index (χ4n) is 1.43. The third kappa shape index (κ3) is 2.23. The van der Waals surface area contributed by atoms with E-state index in [-0.39, 0.29) is 0 Å². The Morgan fingerprint density at radius 3 is 2.88 bits per heavy atom. The van der Waals surface area contributed by atoms with Gasteiger partial charge in [-0.25, -0.2) is 9.67 Å². The minimum absolute atomic E-state index is 0.646. The van der Waals surface area contributed by atoms with Crippen molar-refractivity contribution in [1.29, 1.82) is 0 Å². The van der Waals surface area contributed by atoms with E-state index < -0.39 is 0 Å². The first-order valence-corrected chi connectivity index (χ1v) is 5.40. The van der Waals surface area contributed by atoms with Gasteiger partial charge in [-0.2, -0.15) is 5.10 Å². The Balaban J connectivity index is 2.39. The van der Waals surface area contributed by atoms with Crippen LogP contribution in [-0.2, 0) is 6.54 Å². The van der Waals surface area contributed by atoms with Crippen molar-refractivity contribution in [2.75, 3.05) is 7.05 Å². The molecule has 1 N–H and O–H groups in total. The molecule has 0 fully saturated rings. The molecule has 2 aromatic rings. The molecule has 0 aliphatic heterocycles. The molecule has 84 valence electrons. The second kappa shape index (κ2) is 4.63. The van der Waals surface area contributed by atoms with Gasteiger partial charge in [-0.1, -0.05) is 11.6 Å². The molecule has 5 heteroatoms. The fraction of sp³-hybridized carbons (Fsp3) is 0.273. The van der Waals surface area contributed by atoms with Gasteiger partial charge in [-0.05, 0) is 31.7 Å². The first kappa shape index (κ1) is 11.1. The number of nitrogens with one attached hydrogen (secondary N) is 1. The summed E-state index contributed by atoms with van der Waals surface area (Å²) in [5.74, 6) is 0.780. The molecular weight excluding hydrogens is 224 g/mol. The van der Waals surface area contributed by atoms with Crippen molar-refractivity contribution in [1.82, 2.24) is 20.1 Å². The molecule has 0 aliphatic rings. The van der Waals surface area contributed by atoms with E-state index >= 15 is 0 Å². The number of halogens is 1. The molecule has 0 atom stereocenters. The van der Waals surface area contributed by atoms with Crippen LogP contribution >= 0.6 is 11.6 Å². The molecule has 2 aromatic heterocycles. The molecule has 0 spiro atoms. The average Bonchev–Trinajstić information content (AvgIpc) is 2.69. The van der Waals surface area contributed by atoms with E-state index in [0.29, 0.717) is 11.6 Å². The zero-order valence-electron chi connectivity index (χ0n) is 9.24. The molecule has 2 heterocycles. The van der Waals surface area contributed by atoms with Gasteiger partial charge in [0, 0.05) is 12.7 Å². The van der Waals surface area contributed by atoms with Gasteiger partial charge in [0.1, 0.15) is 0 Å². The fourth-order valence-corrected chi connectivity index (χ4v) is 1.60. The van der Waals surface area contributed by atoms with Gasteiger partial charge >= 0.3 is 0 Å². The van der Waals surface area contributed by atoms with Gasteiger partial charge in [-0.15, -0.1) is 0 Å². The lowest BCUT2D eigenvalue weighted by Gasteiger charge is -2.06. The van der Waals surface area contributed by atoms with Gasteiger partial charge in [0.2, 0.25) is 0 Å². The van der Waals surface area contributed by atoms with E-state index in [9.17, 15) is 0 Å². The molecule has 0 saturated carbocycles. The van der Waals surface area contributed by atoms with Crippen LogP contribution in [0, 0.1) is 6.92 Å². The van der Waals surface area contributed by atoms with Gasteiger partial charge in [0.25, 0.3) is 0 Å². The Hall–Kier alpha value is -1.39. The van der Waals surface area contributed by atoms with E-state index in [1.165, 1.54) is 0 Å². The van der Waals surface area contributed by atoms with E-state index in [2.05, 4.69) is 15.4 Å². The summed E-state index contributed by atoms with van der Waals surface area (Å²) in [6, 6.07) is 3.70. The Labute approximate surface area is 99.3 Å². The van der Waals surface area contributed by atoms with E-state index in [1.807, 2.05) is 32.3 Å². The average molecular weight is 237 g/mol. The quantitative estimate of drug-likeness (QED) is 0.886. The predicted octanol–water partition coefficient (Wildman–Crippen LogP) is 1.95. The zero-order chi connectivity index (χ0) is 11.5. The van der Waals surface area contributed by atoms with Gasteiger partial charge < -0.3 is 5.32 Å². The van der Waals surface area contributed by atoms with Crippen molar-refractivity contribution in [2.24, 2.45) is 0 Å². The maximum absolute atomic E-state index is 6.04. The van der Waals surface area contributed by atoms with Gasteiger partial charge in [0.05, 0.1) is 16.9 Å². The van der Waals surface area contributed by atoms with E-state index in [4.69, 9.17) is 11.6 Å². The zero-order valence-corrected chi connectivity index (χ0v) is 9.99. The predicted molar refractivity (Wildman–Crippen MR) is 63.9 cm³/mol. The topological polar surface area (TPSA) is 42.7 Å². The van der Waals surface area contributed by atoms with Crippen LogP contribution in [0.15, 0.2) is 24.5 Å². The third-order valence-corrected chi connectivity index (χ3v) is 2.54. The molecular formula is C11H13ClN4. The van der Waals surface area contributed by atoms with Crippen molar-refractivity contribution in [3.8, 4) is 5.82 Å². The van der Waals surface area contributed by atoms with Crippen molar-refractivity contribution >= 4 is 11.6 Å². The molecule has 0 unspecified atom stereocenters. The van der Waals surface area contributed by atoms with Gasteiger partial charge in [0.15, 0.2) is 5.82 Å². The number of hydrogen-bond acceptors (Lipinski definition) is 3. The lowest BCUT2D eigenvalue weighted by molar-refractivity contribution is 0.770. The minimum atomic E-state index is 0.646. The highest BCUT2D eigenvalue weighted by Gasteiger charge is 2.05. The number of hydrogen-bond donors (Lipinski definition) is 1. The summed E-state index contributed by atoms with van der Waals surface area (Å²) in [5.41, 5.74) is 1.93. The normalized spacial score (nSPS) is 10.7. The Bertz CT molecular complexity index is 492. The maximum Gasteiger partial charge on any atom is 0.153 e. The summed E-state index contributed by atoms with van der Waals surface area (Å²) in [4.78, 5) is 4.45. The number of nitrogens with zero attached hydrogens (tertiary/aromatic N) is 3. The van der Waals surface area contributed by atoms with Crippen LogP contribution in [0.2, 0.25) is 5.02 Å². The third-order valence-electron chi connectivity index (χ3n) is 2.19. The summed E-state index contributed by atoms with van der Waals surface area (Å²) in [5, 5.41) is 7.91. The second-order valence-electron chi connectivity index (χ2n) is 3.59. The summed E-state index contributed by atoms with van der Waals surface area (Å²) < 4.78 is 1.74. The lowest BCUT2D eigenvalue weighted by Crippen LogP contribution is -2.09. The number of pyridine rings is 1. The van der Waals surface area contributed by atoms with Crippen molar-refractivity contribution in [3.05, 3.63) is 40.8 Å². The molecule has 0 aromatic carbocycles. The molecule has 0 saturated heterocycles. The molecule has 4 nitrogen and oxygen atoms in total. The first-order valence-electron chi connectivity index (χ1n) is 5.02. The Morgan fingerprint density at radius 1 is 1.44 bits per heavy atom. The van der Waals surface area contributed by atoms with E-state index in [0.717, 1.165) is 17.1 Å². The summed E-state index contributed by atoms with van der Waals surface area (Å²) in [6.07, 6.45) is 3.73. The molecule has 0 radical (unpaired) electrons. The van der Waals surface area contributed by atoms with Crippen LogP contribution in [0.4, 0.5) is 0 Å². The van der Waals surface area contributed by atoms with Crippen LogP contribution in [0.5, 0.6) is 0 Å². The number of rotatable bonds is 3. The van der Waals surface area contributed by atoms with Crippen LogP contribution in [0.25, 0.3) is 5.82 Å².